The van der Waals surface area contributed by atoms with Gasteiger partial charge in [0.05, 0.1) is 18.3 Å². The summed E-state index contributed by atoms with van der Waals surface area (Å²) in [6, 6.07) is 7.74. The second-order valence-electron chi connectivity index (χ2n) is 7.25. The standard InChI is InChI=1S/C20H21F3N4O/c1-13-12-28-19(20(21,22)23)11-27(13)9-14-3-4-17-16(5-6-24-18(17)7-14)15-8-25-26(2)10-15/h3-8,10,13,19H,9,11-12H2,1-2H3/t13-,19+/m0/s1. The van der Waals surface area contributed by atoms with Crippen molar-refractivity contribution in [1.29, 1.82) is 0 Å². The molecule has 1 saturated heterocycles. The minimum Gasteiger partial charge on any atom is -0.366 e. The van der Waals surface area contributed by atoms with Gasteiger partial charge >= 0.3 is 6.18 Å². The molecule has 0 N–H and O–H groups in total. The van der Waals surface area contributed by atoms with Crippen LogP contribution in [0.2, 0.25) is 0 Å². The highest BCUT2D eigenvalue weighted by Crippen LogP contribution is 2.30. The van der Waals surface area contributed by atoms with Crippen LogP contribution in [0.4, 0.5) is 13.2 Å². The Morgan fingerprint density at radius 2 is 2.07 bits per heavy atom. The van der Waals surface area contributed by atoms with Gasteiger partial charge in [0.15, 0.2) is 6.10 Å². The molecular formula is C20H21F3N4O. The first-order valence-corrected chi connectivity index (χ1v) is 9.10. The molecule has 1 aromatic carbocycles. The summed E-state index contributed by atoms with van der Waals surface area (Å²) in [7, 11) is 1.86. The molecule has 3 heterocycles. The quantitative estimate of drug-likeness (QED) is 0.683. The number of ether oxygens (including phenoxy) is 1. The maximum absolute atomic E-state index is 13.0. The molecule has 0 saturated carbocycles. The summed E-state index contributed by atoms with van der Waals surface area (Å²) in [5.41, 5.74) is 3.77. The monoisotopic (exact) mass is 390 g/mol. The van der Waals surface area contributed by atoms with E-state index in [1.807, 2.05) is 49.3 Å². The number of nitrogens with zero attached hydrogens (tertiary/aromatic N) is 4. The molecular weight excluding hydrogens is 369 g/mol. The smallest absolute Gasteiger partial charge is 0.366 e. The maximum Gasteiger partial charge on any atom is 0.415 e. The zero-order valence-corrected chi connectivity index (χ0v) is 15.6. The number of rotatable bonds is 3. The summed E-state index contributed by atoms with van der Waals surface area (Å²) < 4.78 is 45.8. The zero-order valence-electron chi connectivity index (χ0n) is 15.6. The fourth-order valence-electron chi connectivity index (χ4n) is 3.56. The van der Waals surface area contributed by atoms with Gasteiger partial charge in [0.1, 0.15) is 0 Å². The van der Waals surface area contributed by atoms with E-state index < -0.39 is 12.3 Å². The second-order valence-corrected chi connectivity index (χ2v) is 7.25. The van der Waals surface area contributed by atoms with Crippen molar-refractivity contribution >= 4 is 10.9 Å². The van der Waals surface area contributed by atoms with Gasteiger partial charge < -0.3 is 4.74 Å². The van der Waals surface area contributed by atoms with E-state index in [-0.39, 0.29) is 19.2 Å². The molecule has 1 fully saturated rings. The molecule has 0 radical (unpaired) electrons. The fraction of sp³-hybridized carbons (Fsp3) is 0.400. The average Bonchev–Trinajstić information content (AvgIpc) is 3.08. The van der Waals surface area contributed by atoms with Crippen molar-refractivity contribution in [3.63, 3.8) is 0 Å². The first-order valence-electron chi connectivity index (χ1n) is 9.10. The molecule has 5 nitrogen and oxygen atoms in total. The lowest BCUT2D eigenvalue weighted by atomic mass is 10.0. The minimum atomic E-state index is -4.35. The number of alkyl halides is 3. The number of halogens is 3. The van der Waals surface area contributed by atoms with Crippen LogP contribution in [0.1, 0.15) is 12.5 Å². The summed E-state index contributed by atoms with van der Waals surface area (Å²) >= 11 is 0. The van der Waals surface area contributed by atoms with Crippen molar-refractivity contribution in [2.24, 2.45) is 7.05 Å². The van der Waals surface area contributed by atoms with Gasteiger partial charge in [-0.25, -0.2) is 0 Å². The van der Waals surface area contributed by atoms with Crippen molar-refractivity contribution in [3.05, 3.63) is 48.4 Å². The van der Waals surface area contributed by atoms with Gasteiger partial charge in [0.25, 0.3) is 0 Å². The Balaban J connectivity index is 1.60. The van der Waals surface area contributed by atoms with E-state index in [0.717, 1.165) is 27.6 Å². The van der Waals surface area contributed by atoms with Gasteiger partial charge in [-0.3, -0.25) is 14.6 Å². The number of fused-ring (bicyclic) bond motifs is 1. The molecule has 148 valence electrons. The van der Waals surface area contributed by atoms with E-state index in [2.05, 4.69) is 10.1 Å². The van der Waals surface area contributed by atoms with Crippen LogP contribution in [-0.4, -0.2) is 51.1 Å². The summed E-state index contributed by atoms with van der Waals surface area (Å²) in [5, 5.41) is 5.20. The molecule has 0 bridgehead atoms. The largest absolute Gasteiger partial charge is 0.415 e. The van der Waals surface area contributed by atoms with Crippen LogP contribution >= 0.6 is 0 Å². The number of aromatic nitrogens is 3. The minimum absolute atomic E-state index is 0.0706. The van der Waals surface area contributed by atoms with E-state index in [4.69, 9.17) is 4.74 Å². The number of aryl methyl sites for hydroxylation is 1. The molecule has 4 rings (SSSR count). The summed E-state index contributed by atoms with van der Waals surface area (Å²) in [6.45, 7) is 2.21. The van der Waals surface area contributed by atoms with Gasteiger partial charge in [-0.05, 0) is 30.2 Å². The molecule has 0 amide bonds. The molecule has 0 aliphatic carbocycles. The third-order valence-corrected chi connectivity index (χ3v) is 5.14. The molecule has 0 spiro atoms. The van der Waals surface area contributed by atoms with Crippen LogP contribution in [0.15, 0.2) is 42.9 Å². The molecule has 2 atom stereocenters. The van der Waals surface area contributed by atoms with Gasteiger partial charge in [0, 0.05) is 49.5 Å². The maximum atomic E-state index is 13.0. The molecule has 1 aliphatic rings. The predicted octanol–water partition coefficient (Wildman–Crippen LogP) is 3.79. The van der Waals surface area contributed by atoms with Gasteiger partial charge in [-0.15, -0.1) is 0 Å². The van der Waals surface area contributed by atoms with E-state index in [9.17, 15) is 13.2 Å². The molecule has 0 unspecified atom stereocenters. The van der Waals surface area contributed by atoms with E-state index in [0.29, 0.717) is 6.54 Å². The Hall–Kier alpha value is -2.45. The average molecular weight is 390 g/mol. The van der Waals surface area contributed by atoms with E-state index >= 15 is 0 Å². The molecule has 3 aromatic rings. The third-order valence-electron chi connectivity index (χ3n) is 5.14. The SMILES string of the molecule is C[C@H]1CO[C@@H](C(F)(F)F)CN1Cc1ccc2c(-c3cnn(C)c3)ccnc2c1. The lowest BCUT2D eigenvalue weighted by Crippen LogP contribution is -2.52. The van der Waals surface area contributed by atoms with Crippen molar-refractivity contribution < 1.29 is 17.9 Å². The lowest BCUT2D eigenvalue weighted by Gasteiger charge is -2.38. The van der Waals surface area contributed by atoms with E-state index in [1.165, 1.54) is 0 Å². The van der Waals surface area contributed by atoms with Crippen molar-refractivity contribution in [2.75, 3.05) is 13.2 Å². The van der Waals surface area contributed by atoms with Crippen LogP contribution in [0, 0.1) is 0 Å². The fourth-order valence-corrected chi connectivity index (χ4v) is 3.56. The molecule has 1 aliphatic heterocycles. The number of benzene rings is 1. The van der Waals surface area contributed by atoms with E-state index in [1.54, 1.807) is 17.1 Å². The molecule has 8 heteroatoms. The second kappa shape index (κ2) is 7.18. The Morgan fingerprint density at radius 3 is 2.79 bits per heavy atom. The topological polar surface area (TPSA) is 43.2 Å². The van der Waals surface area contributed by atoms with Crippen LogP contribution in [0.25, 0.3) is 22.0 Å². The summed E-state index contributed by atoms with van der Waals surface area (Å²) in [5.74, 6) is 0. The molecule has 2 aromatic heterocycles. The summed E-state index contributed by atoms with van der Waals surface area (Å²) in [4.78, 5) is 6.26. The first kappa shape index (κ1) is 18.9. The van der Waals surface area contributed by atoms with Crippen molar-refractivity contribution in [2.45, 2.75) is 31.8 Å². The number of hydrogen-bond acceptors (Lipinski definition) is 4. The van der Waals surface area contributed by atoms with Gasteiger partial charge in [0.2, 0.25) is 0 Å². The van der Waals surface area contributed by atoms with Crippen LogP contribution in [0.3, 0.4) is 0 Å². The van der Waals surface area contributed by atoms with Crippen LogP contribution < -0.4 is 0 Å². The Labute approximate surface area is 160 Å². The highest BCUT2D eigenvalue weighted by molar-refractivity contribution is 5.94. The normalized spacial score (nSPS) is 21.3. The third kappa shape index (κ3) is 3.74. The Kier molecular flexibility index (Phi) is 4.84. The highest BCUT2D eigenvalue weighted by Gasteiger charge is 2.44. The van der Waals surface area contributed by atoms with Gasteiger partial charge in [-0.2, -0.15) is 18.3 Å². The first-order chi connectivity index (χ1) is 13.3. The lowest BCUT2D eigenvalue weighted by molar-refractivity contribution is -0.244. The number of pyridine rings is 1. The number of morpholine rings is 1. The molecule has 28 heavy (non-hydrogen) atoms. The Bertz CT molecular complexity index is 985. The van der Waals surface area contributed by atoms with Crippen LogP contribution in [0.5, 0.6) is 0 Å². The zero-order chi connectivity index (χ0) is 19.9. The summed E-state index contributed by atoms with van der Waals surface area (Å²) in [6.07, 6.45) is -0.600. The highest BCUT2D eigenvalue weighted by atomic mass is 19.4. The van der Waals surface area contributed by atoms with Crippen molar-refractivity contribution in [3.8, 4) is 11.1 Å². The Morgan fingerprint density at radius 1 is 1.25 bits per heavy atom. The van der Waals surface area contributed by atoms with Crippen LogP contribution in [-0.2, 0) is 18.3 Å². The van der Waals surface area contributed by atoms with Gasteiger partial charge in [-0.1, -0.05) is 12.1 Å². The number of hydrogen-bond donors (Lipinski definition) is 0. The predicted molar refractivity (Wildman–Crippen MR) is 99.6 cm³/mol. The van der Waals surface area contributed by atoms with Crippen molar-refractivity contribution in [1.82, 2.24) is 19.7 Å².